The van der Waals surface area contributed by atoms with E-state index in [4.69, 9.17) is 0 Å². The van der Waals surface area contributed by atoms with Gasteiger partial charge in [-0.05, 0) is 38.5 Å². The molecule has 0 aliphatic rings. The highest BCUT2D eigenvalue weighted by Crippen LogP contribution is 2.21. The van der Waals surface area contributed by atoms with Gasteiger partial charge in [-0.2, -0.15) is 8.96 Å². The number of rotatable bonds is 4. The first-order chi connectivity index (χ1) is 9.04. The predicted molar refractivity (Wildman–Crippen MR) is 73.1 cm³/mol. The van der Waals surface area contributed by atoms with Crippen LogP contribution in [0.15, 0.2) is 24.4 Å². The van der Waals surface area contributed by atoms with Crippen molar-refractivity contribution in [3.8, 4) is 0 Å². The van der Waals surface area contributed by atoms with Gasteiger partial charge in [0.05, 0.1) is 5.39 Å². The molecule has 102 valence electrons. The lowest BCUT2D eigenvalue weighted by atomic mass is 10.1. The third kappa shape index (κ3) is 2.75. The third-order valence-corrected chi connectivity index (χ3v) is 3.42. The predicted octanol–water partition coefficient (Wildman–Crippen LogP) is 4.33. The molecule has 3 heteroatoms. The lowest BCUT2D eigenvalue weighted by Crippen LogP contribution is -2.41. The third-order valence-electron chi connectivity index (χ3n) is 3.42. The standard InChI is InChI=1S/C16H20F2N/c1-4-5-6-15-16(18)14-8-7-13(17)9-12(14)10-19(15)11(2)3/h7-11H,4-6H2,1-3H3/q+1. The maximum atomic E-state index is 14.6. The van der Waals surface area contributed by atoms with E-state index in [1.54, 1.807) is 0 Å². The fourth-order valence-electron chi connectivity index (χ4n) is 2.38. The molecule has 1 nitrogen and oxygen atoms in total. The van der Waals surface area contributed by atoms with E-state index >= 15 is 0 Å². The summed E-state index contributed by atoms with van der Waals surface area (Å²) in [4.78, 5) is 0. The number of nitrogens with zero attached hydrogens (tertiary/aromatic N) is 1. The average Bonchev–Trinajstić information content (AvgIpc) is 2.37. The van der Waals surface area contributed by atoms with Crippen LogP contribution in [-0.4, -0.2) is 0 Å². The maximum absolute atomic E-state index is 14.6. The summed E-state index contributed by atoms with van der Waals surface area (Å²) in [7, 11) is 0. The van der Waals surface area contributed by atoms with Crippen molar-refractivity contribution in [1.82, 2.24) is 0 Å². The quantitative estimate of drug-likeness (QED) is 0.724. The molecule has 1 aromatic carbocycles. The van der Waals surface area contributed by atoms with Crippen LogP contribution in [0, 0.1) is 11.6 Å². The number of fused-ring (bicyclic) bond motifs is 1. The minimum absolute atomic E-state index is 0.161. The van der Waals surface area contributed by atoms with E-state index < -0.39 is 0 Å². The van der Waals surface area contributed by atoms with Gasteiger partial charge in [0.2, 0.25) is 5.69 Å². The van der Waals surface area contributed by atoms with E-state index in [2.05, 4.69) is 6.92 Å². The molecule has 0 spiro atoms. The molecule has 0 bridgehead atoms. The maximum Gasteiger partial charge on any atom is 0.218 e. The van der Waals surface area contributed by atoms with Crippen molar-refractivity contribution in [2.45, 2.75) is 46.1 Å². The monoisotopic (exact) mass is 264 g/mol. The second-order valence-corrected chi connectivity index (χ2v) is 5.23. The molecule has 0 saturated heterocycles. The average molecular weight is 264 g/mol. The summed E-state index contributed by atoms with van der Waals surface area (Å²) in [5.41, 5.74) is 0.718. The van der Waals surface area contributed by atoms with E-state index in [1.165, 1.54) is 18.2 Å². The van der Waals surface area contributed by atoms with Gasteiger partial charge in [0.1, 0.15) is 5.82 Å². The molecule has 0 atom stereocenters. The highest BCUT2D eigenvalue weighted by atomic mass is 19.1. The Morgan fingerprint density at radius 1 is 1.21 bits per heavy atom. The zero-order valence-electron chi connectivity index (χ0n) is 11.7. The molecule has 2 rings (SSSR count). The molecule has 0 unspecified atom stereocenters. The van der Waals surface area contributed by atoms with Crippen LogP contribution in [0.3, 0.4) is 0 Å². The Morgan fingerprint density at radius 3 is 2.58 bits per heavy atom. The first kappa shape index (κ1) is 13.9. The number of hydrogen-bond donors (Lipinski definition) is 0. The van der Waals surface area contributed by atoms with Gasteiger partial charge in [0.25, 0.3) is 0 Å². The van der Waals surface area contributed by atoms with Crippen LogP contribution < -0.4 is 4.57 Å². The fraction of sp³-hybridized carbons (Fsp3) is 0.438. The van der Waals surface area contributed by atoms with Gasteiger partial charge in [0.15, 0.2) is 18.1 Å². The molecule has 2 aromatic rings. The van der Waals surface area contributed by atoms with Crippen molar-refractivity contribution in [2.75, 3.05) is 0 Å². The Kier molecular flexibility index (Phi) is 4.13. The van der Waals surface area contributed by atoms with E-state index in [9.17, 15) is 8.78 Å². The van der Waals surface area contributed by atoms with Crippen LogP contribution in [0.2, 0.25) is 0 Å². The molecule has 0 radical (unpaired) electrons. The summed E-state index contributed by atoms with van der Waals surface area (Å²) < 4.78 is 29.8. The summed E-state index contributed by atoms with van der Waals surface area (Å²) in [5, 5.41) is 1.12. The van der Waals surface area contributed by atoms with Crippen molar-refractivity contribution in [1.29, 1.82) is 0 Å². The largest absolute Gasteiger partial charge is 0.218 e. The number of pyridine rings is 1. The summed E-state index contributed by atoms with van der Waals surface area (Å²) in [5.74, 6) is -0.539. The molecule has 1 heterocycles. The molecule has 0 aliphatic carbocycles. The number of benzene rings is 1. The van der Waals surface area contributed by atoms with Gasteiger partial charge >= 0.3 is 0 Å². The van der Waals surface area contributed by atoms with Crippen molar-refractivity contribution in [2.24, 2.45) is 0 Å². The summed E-state index contributed by atoms with van der Waals surface area (Å²) in [6.45, 7) is 6.12. The molecule has 0 aliphatic heterocycles. The van der Waals surface area contributed by atoms with Crippen LogP contribution in [0.25, 0.3) is 10.8 Å². The smallest absolute Gasteiger partial charge is 0.207 e. The van der Waals surface area contributed by atoms with Crippen LogP contribution in [-0.2, 0) is 6.42 Å². The summed E-state index contributed by atoms with van der Waals surface area (Å²) >= 11 is 0. The Labute approximate surface area is 112 Å². The van der Waals surface area contributed by atoms with Gasteiger partial charge in [-0.1, -0.05) is 13.3 Å². The Bertz CT molecular complexity index is 591. The van der Waals surface area contributed by atoms with Crippen LogP contribution in [0.1, 0.15) is 45.3 Å². The lowest BCUT2D eigenvalue weighted by Gasteiger charge is -2.10. The number of aromatic nitrogens is 1. The number of hydrogen-bond acceptors (Lipinski definition) is 0. The summed E-state index contributed by atoms with van der Waals surface area (Å²) in [6, 6.07) is 4.39. The van der Waals surface area contributed by atoms with Gasteiger partial charge in [-0.15, -0.1) is 0 Å². The van der Waals surface area contributed by atoms with Crippen molar-refractivity contribution in [3.05, 3.63) is 41.7 Å². The topological polar surface area (TPSA) is 3.88 Å². The van der Waals surface area contributed by atoms with Crippen LogP contribution in [0.5, 0.6) is 0 Å². The lowest BCUT2D eigenvalue weighted by molar-refractivity contribution is -0.723. The molecule has 0 N–H and O–H groups in total. The van der Waals surface area contributed by atoms with Crippen molar-refractivity contribution < 1.29 is 13.3 Å². The highest BCUT2D eigenvalue weighted by molar-refractivity contribution is 5.81. The molecule has 0 amide bonds. The second-order valence-electron chi connectivity index (χ2n) is 5.23. The molecule has 0 saturated carbocycles. The van der Waals surface area contributed by atoms with Crippen LogP contribution in [0.4, 0.5) is 8.78 Å². The SMILES string of the molecule is CCCCc1c(F)c2ccc(F)cc2c[n+]1C(C)C. The van der Waals surface area contributed by atoms with Crippen molar-refractivity contribution >= 4 is 10.8 Å². The first-order valence-corrected chi connectivity index (χ1v) is 6.86. The Balaban J connectivity index is 2.66. The van der Waals surface area contributed by atoms with Crippen molar-refractivity contribution in [3.63, 3.8) is 0 Å². The Hall–Kier alpha value is -1.51. The molecule has 0 fully saturated rings. The Morgan fingerprint density at radius 2 is 1.95 bits per heavy atom. The van der Waals surface area contributed by atoms with Gasteiger partial charge < -0.3 is 0 Å². The van der Waals surface area contributed by atoms with Crippen LogP contribution >= 0.6 is 0 Å². The molecule has 19 heavy (non-hydrogen) atoms. The van der Waals surface area contributed by atoms with Gasteiger partial charge in [-0.25, -0.2) is 4.39 Å². The molecule has 1 aromatic heterocycles. The molecular formula is C16H20F2N+. The van der Waals surface area contributed by atoms with E-state index in [1.807, 2.05) is 24.6 Å². The summed E-state index contributed by atoms with van der Waals surface area (Å²) in [6.07, 6.45) is 4.56. The number of halogens is 2. The first-order valence-electron chi connectivity index (χ1n) is 6.86. The normalized spacial score (nSPS) is 11.5. The minimum Gasteiger partial charge on any atom is -0.207 e. The van der Waals surface area contributed by atoms with Gasteiger partial charge in [0, 0.05) is 11.8 Å². The fourth-order valence-corrected chi connectivity index (χ4v) is 2.38. The van der Waals surface area contributed by atoms with E-state index in [0.717, 1.165) is 18.5 Å². The van der Waals surface area contributed by atoms with E-state index in [-0.39, 0.29) is 17.7 Å². The zero-order chi connectivity index (χ0) is 14.0. The minimum atomic E-state index is -0.330. The van der Waals surface area contributed by atoms with E-state index in [0.29, 0.717) is 17.2 Å². The zero-order valence-corrected chi connectivity index (χ0v) is 11.7. The molecular weight excluding hydrogens is 244 g/mol. The van der Waals surface area contributed by atoms with Gasteiger partial charge in [-0.3, -0.25) is 0 Å². The second kappa shape index (κ2) is 5.64. The number of unbranched alkanes of at least 4 members (excludes halogenated alkanes) is 1. The highest BCUT2D eigenvalue weighted by Gasteiger charge is 2.22.